The summed E-state index contributed by atoms with van der Waals surface area (Å²) in [6, 6.07) is 2.53. The number of nitrogens with zero attached hydrogens (tertiary/aromatic N) is 1. The minimum Gasteiger partial charge on any atom is -0.260 e. The first kappa shape index (κ1) is 10.2. The zero-order valence-electron chi connectivity index (χ0n) is 8.66. The van der Waals surface area contributed by atoms with Gasteiger partial charge in [-0.15, -0.1) is 0 Å². The summed E-state index contributed by atoms with van der Waals surface area (Å²) in [4.78, 5) is 0. The molecule has 2 fully saturated rings. The molecule has 2 aliphatic carbocycles. The van der Waals surface area contributed by atoms with Crippen LogP contribution in [0.1, 0.15) is 32.1 Å². The Labute approximate surface area is 88.1 Å². The van der Waals surface area contributed by atoms with Crippen LogP contribution in [0.5, 0.6) is 0 Å². The van der Waals surface area contributed by atoms with E-state index >= 15 is 0 Å². The van der Waals surface area contributed by atoms with Gasteiger partial charge in [0.05, 0.1) is 11.5 Å². The van der Waals surface area contributed by atoms with E-state index in [4.69, 9.17) is 0 Å². The molecule has 0 aromatic heterocycles. The standard InChI is InChI=1S/C11H17NOS/c1-14(13)5-4-11(8-12)7-9-2-3-10(11)6-9/h9-10H,2-7H2,1H3. The lowest BCUT2D eigenvalue weighted by molar-refractivity contribution is 0.234. The maximum absolute atomic E-state index is 11.1. The number of fused-ring (bicyclic) bond motifs is 2. The van der Waals surface area contributed by atoms with Crippen LogP contribution in [0.15, 0.2) is 0 Å². The van der Waals surface area contributed by atoms with E-state index in [9.17, 15) is 9.47 Å². The van der Waals surface area contributed by atoms with Gasteiger partial charge in [-0.1, -0.05) is 6.42 Å². The second kappa shape index (κ2) is 3.66. The van der Waals surface area contributed by atoms with E-state index in [-0.39, 0.29) is 5.41 Å². The second-order valence-corrected chi connectivity index (χ2v) is 6.43. The number of rotatable bonds is 3. The van der Waals surface area contributed by atoms with Gasteiger partial charge in [-0.3, -0.25) is 4.21 Å². The lowest BCUT2D eigenvalue weighted by Crippen LogP contribution is -2.27. The Morgan fingerprint density at radius 1 is 1.57 bits per heavy atom. The van der Waals surface area contributed by atoms with Crippen molar-refractivity contribution >= 4 is 10.8 Å². The molecule has 2 bridgehead atoms. The molecule has 0 aliphatic heterocycles. The minimum absolute atomic E-state index is 0.103. The summed E-state index contributed by atoms with van der Waals surface area (Å²) in [6.45, 7) is 0. The quantitative estimate of drug-likeness (QED) is 0.717. The highest BCUT2D eigenvalue weighted by atomic mass is 32.2. The normalized spacial score (nSPS) is 42.3. The third-order valence-corrected chi connectivity index (χ3v) is 4.81. The molecule has 4 atom stereocenters. The van der Waals surface area contributed by atoms with Crippen molar-refractivity contribution in [3.8, 4) is 6.07 Å². The maximum Gasteiger partial charge on any atom is 0.0693 e. The van der Waals surface area contributed by atoms with Gasteiger partial charge in [0.1, 0.15) is 0 Å². The maximum atomic E-state index is 11.1. The Morgan fingerprint density at radius 2 is 2.36 bits per heavy atom. The van der Waals surface area contributed by atoms with Gasteiger partial charge in [-0.05, 0) is 37.5 Å². The topological polar surface area (TPSA) is 40.9 Å². The van der Waals surface area contributed by atoms with Crippen LogP contribution in [0.4, 0.5) is 0 Å². The predicted molar refractivity (Wildman–Crippen MR) is 57.0 cm³/mol. The Morgan fingerprint density at radius 3 is 2.79 bits per heavy atom. The SMILES string of the molecule is CS(=O)CCC1(C#N)CC2CCC1C2. The van der Waals surface area contributed by atoms with E-state index in [0.29, 0.717) is 11.7 Å². The molecule has 2 aliphatic rings. The van der Waals surface area contributed by atoms with Gasteiger partial charge in [-0.2, -0.15) is 5.26 Å². The first-order chi connectivity index (χ1) is 6.66. The molecule has 0 N–H and O–H groups in total. The molecule has 0 aromatic carbocycles. The summed E-state index contributed by atoms with van der Waals surface area (Å²) in [7, 11) is -0.742. The molecule has 14 heavy (non-hydrogen) atoms. The van der Waals surface area contributed by atoms with Gasteiger partial charge in [0.25, 0.3) is 0 Å². The minimum atomic E-state index is -0.742. The van der Waals surface area contributed by atoms with Crippen molar-refractivity contribution in [2.45, 2.75) is 32.1 Å². The molecule has 0 aromatic rings. The average Bonchev–Trinajstić information content (AvgIpc) is 2.74. The van der Waals surface area contributed by atoms with Crippen molar-refractivity contribution in [1.29, 1.82) is 5.26 Å². The lowest BCUT2D eigenvalue weighted by atomic mass is 9.72. The third-order valence-electron chi connectivity index (χ3n) is 4.03. The molecule has 0 saturated heterocycles. The highest BCUT2D eigenvalue weighted by molar-refractivity contribution is 7.84. The molecule has 2 rings (SSSR count). The van der Waals surface area contributed by atoms with E-state index in [1.54, 1.807) is 6.26 Å². The van der Waals surface area contributed by atoms with E-state index < -0.39 is 10.8 Å². The van der Waals surface area contributed by atoms with Crippen molar-refractivity contribution in [3.05, 3.63) is 0 Å². The molecule has 2 nitrogen and oxygen atoms in total. The van der Waals surface area contributed by atoms with Gasteiger partial charge >= 0.3 is 0 Å². The predicted octanol–water partition coefficient (Wildman–Crippen LogP) is 2.08. The zero-order chi connectivity index (χ0) is 10.2. The fourth-order valence-corrected chi connectivity index (χ4v) is 3.92. The molecule has 3 heteroatoms. The summed E-state index contributed by atoms with van der Waals surface area (Å²) in [5, 5.41) is 9.30. The molecule has 4 unspecified atom stereocenters. The third kappa shape index (κ3) is 1.61. The van der Waals surface area contributed by atoms with Crippen LogP contribution < -0.4 is 0 Å². The molecule has 2 saturated carbocycles. The van der Waals surface area contributed by atoms with Crippen LogP contribution >= 0.6 is 0 Å². The smallest absolute Gasteiger partial charge is 0.0693 e. The van der Waals surface area contributed by atoms with E-state index in [0.717, 1.165) is 18.8 Å². The summed E-state index contributed by atoms with van der Waals surface area (Å²) in [6.07, 6.45) is 7.47. The molecule has 0 amide bonds. The summed E-state index contributed by atoms with van der Waals surface area (Å²) >= 11 is 0. The van der Waals surface area contributed by atoms with E-state index in [2.05, 4.69) is 6.07 Å². The highest BCUT2D eigenvalue weighted by Crippen LogP contribution is 2.57. The number of nitriles is 1. The lowest BCUT2D eigenvalue weighted by Gasteiger charge is -2.30. The second-order valence-electron chi connectivity index (χ2n) is 4.88. The van der Waals surface area contributed by atoms with E-state index in [1.807, 2.05) is 0 Å². The van der Waals surface area contributed by atoms with Gasteiger partial charge in [0.15, 0.2) is 0 Å². The van der Waals surface area contributed by atoms with Crippen molar-refractivity contribution in [3.63, 3.8) is 0 Å². The Hall–Kier alpha value is -0.360. The molecular weight excluding hydrogens is 194 g/mol. The van der Waals surface area contributed by atoms with Gasteiger partial charge in [0, 0.05) is 22.8 Å². The van der Waals surface area contributed by atoms with Crippen LogP contribution in [0, 0.1) is 28.6 Å². The first-order valence-electron chi connectivity index (χ1n) is 5.37. The summed E-state index contributed by atoms with van der Waals surface area (Å²) in [5.41, 5.74) is -0.103. The average molecular weight is 211 g/mol. The van der Waals surface area contributed by atoms with Gasteiger partial charge in [-0.25, -0.2) is 0 Å². The van der Waals surface area contributed by atoms with E-state index in [1.165, 1.54) is 19.3 Å². The van der Waals surface area contributed by atoms with Gasteiger partial charge < -0.3 is 0 Å². The molecular formula is C11H17NOS. The van der Waals surface area contributed by atoms with Crippen molar-refractivity contribution in [2.75, 3.05) is 12.0 Å². The fraction of sp³-hybridized carbons (Fsp3) is 0.909. The zero-order valence-corrected chi connectivity index (χ0v) is 9.48. The summed E-state index contributed by atoms with van der Waals surface area (Å²) < 4.78 is 11.1. The van der Waals surface area contributed by atoms with Crippen molar-refractivity contribution < 1.29 is 4.21 Å². The molecule has 0 radical (unpaired) electrons. The Bertz CT molecular complexity index is 296. The number of hydrogen-bond donors (Lipinski definition) is 0. The van der Waals surface area contributed by atoms with Crippen molar-refractivity contribution in [2.24, 2.45) is 17.3 Å². The highest BCUT2D eigenvalue weighted by Gasteiger charge is 2.50. The van der Waals surface area contributed by atoms with Crippen molar-refractivity contribution in [1.82, 2.24) is 0 Å². The Kier molecular flexibility index (Phi) is 2.66. The summed E-state index contributed by atoms with van der Waals surface area (Å²) in [5.74, 6) is 2.11. The van der Waals surface area contributed by atoms with Crippen LogP contribution in [0.3, 0.4) is 0 Å². The number of hydrogen-bond acceptors (Lipinski definition) is 2. The van der Waals surface area contributed by atoms with Gasteiger partial charge in [0.2, 0.25) is 0 Å². The van der Waals surface area contributed by atoms with Crippen LogP contribution in [0.2, 0.25) is 0 Å². The fourth-order valence-electron chi connectivity index (χ4n) is 3.27. The largest absolute Gasteiger partial charge is 0.260 e. The van der Waals surface area contributed by atoms with Crippen LogP contribution in [-0.2, 0) is 10.8 Å². The molecule has 0 heterocycles. The van der Waals surface area contributed by atoms with Crippen LogP contribution in [-0.4, -0.2) is 16.2 Å². The van der Waals surface area contributed by atoms with Crippen LogP contribution in [0.25, 0.3) is 0 Å². The molecule has 0 spiro atoms. The first-order valence-corrected chi connectivity index (χ1v) is 7.10. The monoisotopic (exact) mass is 211 g/mol. The molecule has 78 valence electrons. The Balaban J connectivity index is 2.05.